The lowest BCUT2D eigenvalue weighted by molar-refractivity contribution is -1.02. The van der Waals surface area contributed by atoms with Gasteiger partial charge >= 0.3 is 0 Å². The highest BCUT2D eigenvalue weighted by Gasteiger charge is 2.22. The molecule has 1 aliphatic rings. The summed E-state index contributed by atoms with van der Waals surface area (Å²) < 4.78 is 0. The van der Waals surface area contributed by atoms with Crippen LogP contribution in [0.25, 0.3) is 0 Å². The highest BCUT2D eigenvalue weighted by molar-refractivity contribution is 5.21. The van der Waals surface area contributed by atoms with Gasteiger partial charge in [0.1, 0.15) is 39.3 Å². The molecule has 0 aromatic heterocycles. The van der Waals surface area contributed by atoms with Gasteiger partial charge in [-0.15, -0.1) is 0 Å². The summed E-state index contributed by atoms with van der Waals surface area (Å²) in [6, 6.07) is 8.83. The third-order valence-corrected chi connectivity index (χ3v) is 3.67. The maximum atomic E-state index is 8.92. The zero-order valence-electron chi connectivity index (χ0n) is 10.7. The van der Waals surface area contributed by atoms with Crippen molar-refractivity contribution in [3.8, 4) is 0 Å². The molecule has 0 unspecified atom stereocenters. The normalized spacial score (nSPS) is 24.8. The van der Waals surface area contributed by atoms with Crippen LogP contribution in [0.1, 0.15) is 11.1 Å². The van der Waals surface area contributed by atoms with Crippen LogP contribution in [-0.4, -0.2) is 44.4 Å². The smallest absolute Gasteiger partial charge is 0.127 e. The van der Waals surface area contributed by atoms with E-state index in [1.54, 1.807) is 9.80 Å². The van der Waals surface area contributed by atoms with Crippen LogP contribution < -0.4 is 9.80 Å². The minimum Gasteiger partial charge on any atom is -0.391 e. The summed E-state index contributed by atoms with van der Waals surface area (Å²) in [6.45, 7) is 9.38. The molecule has 3 nitrogen and oxygen atoms in total. The van der Waals surface area contributed by atoms with E-state index in [2.05, 4.69) is 31.2 Å². The first-order valence-electron chi connectivity index (χ1n) is 6.61. The molecular formula is C14H24N2O+2. The van der Waals surface area contributed by atoms with Gasteiger partial charge < -0.3 is 14.9 Å². The molecule has 0 bridgehead atoms. The van der Waals surface area contributed by atoms with Gasteiger partial charge in [-0.3, -0.25) is 0 Å². The number of hydrogen-bond acceptors (Lipinski definition) is 1. The Balaban J connectivity index is 1.82. The zero-order valence-corrected chi connectivity index (χ0v) is 10.7. The number of quaternary nitrogens is 2. The fourth-order valence-electron chi connectivity index (χ4n) is 2.65. The van der Waals surface area contributed by atoms with Crippen LogP contribution in [0.4, 0.5) is 0 Å². The Morgan fingerprint density at radius 1 is 1.12 bits per heavy atom. The minimum atomic E-state index is 0.322. The predicted molar refractivity (Wildman–Crippen MR) is 68.2 cm³/mol. The monoisotopic (exact) mass is 236 g/mol. The Bertz CT molecular complexity index is 346. The molecular weight excluding hydrogens is 212 g/mol. The van der Waals surface area contributed by atoms with E-state index in [0.717, 1.165) is 13.1 Å². The van der Waals surface area contributed by atoms with Gasteiger partial charge in [-0.2, -0.15) is 0 Å². The maximum Gasteiger partial charge on any atom is 0.127 e. The van der Waals surface area contributed by atoms with Crippen LogP contribution in [0.15, 0.2) is 24.3 Å². The van der Waals surface area contributed by atoms with E-state index in [1.165, 1.54) is 37.3 Å². The summed E-state index contributed by atoms with van der Waals surface area (Å²) in [7, 11) is 0. The molecule has 1 fully saturated rings. The first kappa shape index (κ1) is 12.6. The van der Waals surface area contributed by atoms with E-state index in [-0.39, 0.29) is 0 Å². The highest BCUT2D eigenvalue weighted by atomic mass is 16.3. The van der Waals surface area contributed by atoms with E-state index < -0.39 is 0 Å². The number of nitrogens with one attached hydrogen (secondary N) is 2. The number of hydrogen-bond donors (Lipinski definition) is 3. The third-order valence-electron chi connectivity index (χ3n) is 3.67. The summed E-state index contributed by atoms with van der Waals surface area (Å²) in [4.78, 5) is 3.23. The highest BCUT2D eigenvalue weighted by Crippen LogP contribution is 2.01. The van der Waals surface area contributed by atoms with Crippen LogP contribution in [0, 0.1) is 6.92 Å². The molecule has 1 aromatic carbocycles. The van der Waals surface area contributed by atoms with Gasteiger partial charge in [0.05, 0.1) is 6.61 Å². The molecule has 0 amide bonds. The average Bonchev–Trinajstić information content (AvgIpc) is 2.32. The van der Waals surface area contributed by atoms with Gasteiger partial charge in [0, 0.05) is 5.56 Å². The molecule has 1 aromatic rings. The molecule has 1 aliphatic heterocycles. The van der Waals surface area contributed by atoms with E-state index in [4.69, 9.17) is 5.11 Å². The van der Waals surface area contributed by atoms with Crippen LogP contribution >= 0.6 is 0 Å². The number of piperazine rings is 1. The Morgan fingerprint density at radius 2 is 1.82 bits per heavy atom. The quantitative estimate of drug-likeness (QED) is 0.570. The van der Waals surface area contributed by atoms with Gasteiger partial charge in [0.2, 0.25) is 0 Å². The lowest BCUT2D eigenvalue weighted by atomic mass is 10.1. The van der Waals surface area contributed by atoms with Crippen molar-refractivity contribution in [1.29, 1.82) is 0 Å². The molecule has 1 heterocycles. The average molecular weight is 236 g/mol. The number of rotatable bonds is 4. The van der Waals surface area contributed by atoms with Crippen LogP contribution in [0.3, 0.4) is 0 Å². The van der Waals surface area contributed by atoms with E-state index in [1.807, 2.05) is 0 Å². The summed E-state index contributed by atoms with van der Waals surface area (Å²) in [5.74, 6) is 0. The van der Waals surface area contributed by atoms with Crippen LogP contribution in [0.5, 0.6) is 0 Å². The van der Waals surface area contributed by atoms with E-state index >= 15 is 0 Å². The van der Waals surface area contributed by atoms with Gasteiger partial charge in [-0.05, 0) is 6.92 Å². The van der Waals surface area contributed by atoms with Crippen molar-refractivity contribution < 1.29 is 14.9 Å². The fourth-order valence-corrected chi connectivity index (χ4v) is 2.65. The van der Waals surface area contributed by atoms with Gasteiger partial charge in [0.25, 0.3) is 0 Å². The Kier molecular flexibility index (Phi) is 4.54. The number of aliphatic hydroxyl groups is 1. The molecule has 2 rings (SSSR count). The van der Waals surface area contributed by atoms with Crippen molar-refractivity contribution in [2.45, 2.75) is 13.5 Å². The zero-order chi connectivity index (χ0) is 12.1. The SMILES string of the molecule is Cc1cccc(C[NH+]2CC[NH+](CCO)CC2)c1. The second-order valence-corrected chi connectivity index (χ2v) is 5.14. The summed E-state index contributed by atoms with van der Waals surface area (Å²) >= 11 is 0. The van der Waals surface area contributed by atoms with E-state index in [9.17, 15) is 0 Å². The molecule has 0 spiro atoms. The molecule has 0 aliphatic carbocycles. The number of aryl methyl sites for hydroxylation is 1. The van der Waals surface area contributed by atoms with Gasteiger partial charge in [-0.25, -0.2) is 0 Å². The molecule has 1 saturated heterocycles. The van der Waals surface area contributed by atoms with Crippen molar-refractivity contribution in [3.05, 3.63) is 35.4 Å². The molecule has 3 N–H and O–H groups in total. The molecule has 0 radical (unpaired) electrons. The minimum absolute atomic E-state index is 0.322. The largest absolute Gasteiger partial charge is 0.391 e. The lowest BCUT2D eigenvalue weighted by Crippen LogP contribution is -3.27. The summed E-state index contributed by atoms with van der Waals surface area (Å²) in [5, 5.41) is 8.92. The molecule has 0 saturated carbocycles. The second kappa shape index (κ2) is 6.15. The van der Waals surface area contributed by atoms with E-state index in [0.29, 0.717) is 6.61 Å². The first-order chi connectivity index (χ1) is 8.28. The van der Waals surface area contributed by atoms with Crippen molar-refractivity contribution in [2.24, 2.45) is 0 Å². The van der Waals surface area contributed by atoms with Gasteiger partial charge in [0.15, 0.2) is 0 Å². The Hall–Kier alpha value is -0.900. The summed E-state index contributed by atoms with van der Waals surface area (Å²) in [5.41, 5.74) is 2.80. The standard InChI is InChI=1S/C14H22N2O/c1-13-3-2-4-14(11-13)12-16-7-5-15(6-8-16)9-10-17/h2-4,11,17H,5-10,12H2,1H3/p+2. The fraction of sp³-hybridized carbons (Fsp3) is 0.571. The van der Waals surface area contributed by atoms with Crippen LogP contribution in [0.2, 0.25) is 0 Å². The molecule has 3 heteroatoms. The topological polar surface area (TPSA) is 29.1 Å². The summed E-state index contributed by atoms with van der Waals surface area (Å²) in [6.07, 6.45) is 0. The number of aliphatic hydroxyl groups excluding tert-OH is 1. The Morgan fingerprint density at radius 3 is 2.47 bits per heavy atom. The number of benzene rings is 1. The van der Waals surface area contributed by atoms with Crippen molar-refractivity contribution in [1.82, 2.24) is 0 Å². The maximum absolute atomic E-state index is 8.92. The first-order valence-corrected chi connectivity index (χ1v) is 6.61. The van der Waals surface area contributed by atoms with Crippen molar-refractivity contribution >= 4 is 0 Å². The van der Waals surface area contributed by atoms with Crippen LogP contribution in [-0.2, 0) is 6.54 Å². The Labute approximate surface area is 104 Å². The second-order valence-electron chi connectivity index (χ2n) is 5.14. The molecule has 94 valence electrons. The molecule has 0 atom stereocenters. The molecule has 17 heavy (non-hydrogen) atoms. The van der Waals surface area contributed by atoms with Gasteiger partial charge in [-0.1, -0.05) is 29.8 Å². The predicted octanol–water partition coefficient (Wildman–Crippen LogP) is -1.73. The lowest BCUT2D eigenvalue weighted by Gasteiger charge is -2.29. The van der Waals surface area contributed by atoms with Crippen molar-refractivity contribution in [3.63, 3.8) is 0 Å². The third kappa shape index (κ3) is 3.80. The van der Waals surface area contributed by atoms with Crippen molar-refractivity contribution in [2.75, 3.05) is 39.3 Å².